The van der Waals surface area contributed by atoms with E-state index in [0.29, 0.717) is 0 Å². The van der Waals surface area contributed by atoms with Crippen LogP contribution in [0.2, 0.25) is 0 Å². The number of aryl methyl sites for hydroxylation is 2. The Kier molecular flexibility index (Phi) is 3.94. The molecule has 2 aromatic rings. The van der Waals surface area contributed by atoms with Crippen LogP contribution in [-0.4, -0.2) is 14.3 Å². The first-order valence-corrected chi connectivity index (χ1v) is 7.20. The van der Waals surface area contributed by atoms with E-state index in [1.807, 2.05) is 6.92 Å². The van der Waals surface area contributed by atoms with Gasteiger partial charge in [-0.1, -0.05) is 6.92 Å². The van der Waals surface area contributed by atoms with Crippen LogP contribution in [-0.2, 0) is 6.42 Å². The second-order valence-corrected chi connectivity index (χ2v) is 6.11. The van der Waals surface area contributed by atoms with Crippen molar-refractivity contribution < 1.29 is 0 Å². The van der Waals surface area contributed by atoms with E-state index >= 15 is 0 Å². The molecule has 0 fully saturated rings. The van der Waals surface area contributed by atoms with Crippen molar-refractivity contribution in [3.63, 3.8) is 0 Å². The minimum atomic E-state index is 0.879. The lowest BCUT2D eigenvalue weighted by Gasteiger charge is -2.01. The summed E-state index contributed by atoms with van der Waals surface area (Å²) in [5, 5.41) is 0.988. The smallest absolute Gasteiger partial charge is 0.176 e. The summed E-state index contributed by atoms with van der Waals surface area (Å²) in [6, 6.07) is 2.05. The zero-order chi connectivity index (χ0) is 11.5. The van der Waals surface area contributed by atoms with Crippen LogP contribution in [0.25, 0.3) is 0 Å². The van der Waals surface area contributed by atoms with Crippen LogP contribution in [0.1, 0.15) is 18.3 Å². The lowest BCUT2D eigenvalue weighted by Crippen LogP contribution is -1.85. The SMILES string of the molecule is CCc1nsc(Sc2ncc(Br)cc2C)n1. The molecule has 2 aromatic heterocycles. The summed E-state index contributed by atoms with van der Waals surface area (Å²) < 4.78 is 6.21. The molecule has 0 aliphatic rings. The highest BCUT2D eigenvalue weighted by Gasteiger charge is 2.08. The Morgan fingerprint density at radius 1 is 1.50 bits per heavy atom. The van der Waals surface area contributed by atoms with Gasteiger partial charge in [0.15, 0.2) is 4.34 Å². The fourth-order valence-corrected chi connectivity index (χ4v) is 3.23. The van der Waals surface area contributed by atoms with E-state index in [0.717, 1.165) is 31.6 Å². The average Bonchev–Trinajstić information content (AvgIpc) is 2.70. The summed E-state index contributed by atoms with van der Waals surface area (Å²) >= 11 is 6.40. The van der Waals surface area contributed by atoms with Gasteiger partial charge in [0.2, 0.25) is 0 Å². The highest BCUT2D eigenvalue weighted by Crippen LogP contribution is 2.30. The first kappa shape index (κ1) is 12.0. The van der Waals surface area contributed by atoms with Crippen molar-refractivity contribution in [3.05, 3.63) is 28.1 Å². The quantitative estimate of drug-likeness (QED) is 0.865. The van der Waals surface area contributed by atoms with Crippen molar-refractivity contribution in [1.29, 1.82) is 0 Å². The van der Waals surface area contributed by atoms with Crippen LogP contribution < -0.4 is 0 Å². The van der Waals surface area contributed by atoms with Gasteiger partial charge in [-0.05, 0) is 57.8 Å². The van der Waals surface area contributed by atoms with Crippen LogP contribution >= 0.6 is 39.2 Å². The van der Waals surface area contributed by atoms with Crippen LogP contribution in [0.4, 0.5) is 0 Å². The molecule has 6 heteroatoms. The fourth-order valence-electron chi connectivity index (χ4n) is 1.14. The monoisotopic (exact) mass is 315 g/mol. The van der Waals surface area contributed by atoms with Gasteiger partial charge < -0.3 is 0 Å². The first-order chi connectivity index (χ1) is 7.69. The Labute approximate surface area is 111 Å². The number of pyridine rings is 1. The van der Waals surface area contributed by atoms with Crippen LogP contribution in [0.5, 0.6) is 0 Å². The summed E-state index contributed by atoms with van der Waals surface area (Å²) in [5.41, 5.74) is 1.15. The molecule has 0 bridgehead atoms. The van der Waals surface area contributed by atoms with Gasteiger partial charge in [-0.25, -0.2) is 9.97 Å². The lowest BCUT2D eigenvalue weighted by atomic mass is 10.3. The molecule has 0 radical (unpaired) electrons. The summed E-state index contributed by atoms with van der Waals surface area (Å²) in [6.07, 6.45) is 2.68. The Hall–Kier alpha value is -0.460. The fraction of sp³-hybridized carbons (Fsp3) is 0.300. The molecule has 0 amide bonds. The summed E-state index contributed by atoms with van der Waals surface area (Å²) in [7, 11) is 0. The molecule has 0 aromatic carbocycles. The largest absolute Gasteiger partial charge is 0.248 e. The maximum absolute atomic E-state index is 4.41. The van der Waals surface area contributed by atoms with Gasteiger partial charge >= 0.3 is 0 Å². The predicted octanol–water partition coefficient (Wildman–Crippen LogP) is 3.72. The van der Waals surface area contributed by atoms with E-state index < -0.39 is 0 Å². The van der Waals surface area contributed by atoms with Gasteiger partial charge in [0.25, 0.3) is 0 Å². The lowest BCUT2D eigenvalue weighted by molar-refractivity contribution is 0.969. The third-order valence-corrected chi connectivity index (χ3v) is 4.29. The summed E-state index contributed by atoms with van der Waals surface area (Å²) in [5.74, 6) is 0.905. The van der Waals surface area contributed by atoms with Crippen molar-refractivity contribution in [2.24, 2.45) is 0 Å². The summed E-state index contributed by atoms with van der Waals surface area (Å²) in [6.45, 7) is 4.10. The van der Waals surface area contributed by atoms with Gasteiger partial charge in [-0.15, -0.1) is 0 Å². The van der Waals surface area contributed by atoms with Gasteiger partial charge in [0.1, 0.15) is 10.9 Å². The Morgan fingerprint density at radius 3 is 2.94 bits per heavy atom. The van der Waals surface area contributed by atoms with Crippen LogP contribution in [0.15, 0.2) is 26.1 Å². The molecule has 3 nitrogen and oxygen atoms in total. The molecule has 0 saturated heterocycles. The van der Waals surface area contributed by atoms with Crippen molar-refractivity contribution >= 4 is 39.2 Å². The molecule has 2 heterocycles. The second kappa shape index (κ2) is 5.25. The topological polar surface area (TPSA) is 38.7 Å². The number of hydrogen-bond donors (Lipinski definition) is 0. The third-order valence-electron chi connectivity index (χ3n) is 1.95. The molecule has 0 atom stereocenters. The number of nitrogens with zero attached hydrogens (tertiary/aromatic N) is 3. The maximum Gasteiger partial charge on any atom is 0.176 e. The van der Waals surface area contributed by atoms with E-state index in [1.54, 1.807) is 18.0 Å². The highest BCUT2D eigenvalue weighted by atomic mass is 79.9. The summed E-state index contributed by atoms with van der Waals surface area (Å²) in [4.78, 5) is 8.77. The van der Waals surface area contributed by atoms with Gasteiger partial charge in [0, 0.05) is 17.1 Å². The molecule has 0 N–H and O–H groups in total. The third kappa shape index (κ3) is 2.81. The Morgan fingerprint density at radius 2 is 2.31 bits per heavy atom. The van der Waals surface area contributed by atoms with Crippen LogP contribution in [0.3, 0.4) is 0 Å². The number of halogens is 1. The molecule has 0 unspecified atom stereocenters. The van der Waals surface area contributed by atoms with Crippen molar-refractivity contribution in [3.8, 4) is 0 Å². The molecule has 0 aliphatic heterocycles. The van der Waals surface area contributed by atoms with Crippen molar-refractivity contribution in [2.75, 3.05) is 0 Å². The molecular weight excluding hydrogens is 306 g/mol. The molecule has 0 spiro atoms. The molecular formula is C10H10BrN3S2. The minimum absolute atomic E-state index is 0.879. The normalized spacial score (nSPS) is 10.7. The van der Waals surface area contributed by atoms with Crippen LogP contribution in [0, 0.1) is 6.92 Å². The maximum atomic E-state index is 4.41. The predicted molar refractivity (Wildman–Crippen MR) is 70.1 cm³/mol. The van der Waals surface area contributed by atoms with E-state index in [9.17, 15) is 0 Å². The molecule has 2 rings (SSSR count). The molecule has 0 saturated carbocycles. The van der Waals surface area contributed by atoms with E-state index in [-0.39, 0.29) is 0 Å². The Bertz CT molecular complexity index is 499. The second-order valence-electron chi connectivity index (χ2n) is 3.21. The van der Waals surface area contributed by atoms with E-state index in [4.69, 9.17) is 0 Å². The average molecular weight is 316 g/mol. The Balaban J connectivity index is 2.20. The highest BCUT2D eigenvalue weighted by molar-refractivity contribution is 9.10. The van der Waals surface area contributed by atoms with Crippen molar-refractivity contribution in [2.45, 2.75) is 29.6 Å². The first-order valence-electron chi connectivity index (χ1n) is 4.81. The standard InChI is InChI=1S/C10H10BrN3S2/c1-3-8-13-10(16-14-8)15-9-6(2)4-7(11)5-12-9/h4-5H,3H2,1-2H3. The molecule has 16 heavy (non-hydrogen) atoms. The minimum Gasteiger partial charge on any atom is -0.248 e. The number of aromatic nitrogens is 3. The van der Waals surface area contributed by atoms with E-state index in [2.05, 4.69) is 43.3 Å². The van der Waals surface area contributed by atoms with Crippen molar-refractivity contribution in [1.82, 2.24) is 14.3 Å². The molecule has 0 aliphatic carbocycles. The number of rotatable bonds is 3. The van der Waals surface area contributed by atoms with Gasteiger partial charge in [0.05, 0.1) is 0 Å². The van der Waals surface area contributed by atoms with Gasteiger partial charge in [-0.3, -0.25) is 0 Å². The molecule has 84 valence electrons. The van der Waals surface area contributed by atoms with Gasteiger partial charge in [-0.2, -0.15) is 4.37 Å². The van der Waals surface area contributed by atoms with E-state index in [1.165, 1.54) is 11.5 Å². The zero-order valence-corrected chi connectivity index (χ0v) is 12.1. The number of hydrogen-bond acceptors (Lipinski definition) is 5. The zero-order valence-electron chi connectivity index (χ0n) is 8.90.